The highest BCUT2D eigenvalue weighted by atomic mass is 16.2. The number of hydrogen-bond donors (Lipinski definition) is 1. The van der Waals surface area contributed by atoms with Gasteiger partial charge >= 0.3 is 0 Å². The van der Waals surface area contributed by atoms with Crippen LogP contribution in [0.4, 0.5) is 0 Å². The van der Waals surface area contributed by atoms with Crippen molar-refractivity contribution in [1.82, 2.24) is 15.1 Å². The van der Waals surface area contributed by atoms with Crippen LogP contribution in [0.25, 0.3) is 0 Å². The zero-order valence-electron chi connectivity index (χ0n) is 15.0. The lowest BCUT2D eigenvalue weighted by molar-refractivity contribution is 0.0693. The number of nitrogens with zero attached hydrogens (tertiary/aromatic N) is 2. The molecule has 134 valence electrons. The van der Waals surface area contributed by atoms with E-state index in [1.807, 2.05) is 0 Å². The minimum atomic E-state index is -0.356. The second-order valence-electron chi connectivity index (χ2n) is 7.23. The van der Waals surface area contributed by atoms with Crippen LogP contribution in [0.3, 0.4) is 0 Å². The van der Waals surface area contributed by atoms with E-state index >= 15 is 0 Å². The Morgan fingerprint density at radius 3 is 2.72 bits per heavy atom. The van der Waals surface area contributed by atoms with E-state index < -0.39 is 0 Å². The van der Waals surface area contributed by atoms with Crippen molar-refractivity contribution in [2.24, 2.45) is 5.92 Å². The van der Waals surface area contributed by atoms with Crippen molar-refractivity contribution in [1.29, 1.82) is 0 Å². The van der Waals surface area contributed by atoms with Gasteiger partial charge in [-0.2, -0.15) is 0 Å². The molecule has 2 atom stereocenters. The van der Waals surface area contributed by atoms with Crippen LogP contribution in [-0.2, 0) is 0 Å². The fourth-order valence-corrected chi connectivity index (χ4v) is 3.60. The SMILES string of the molecule is CC1CCCN(C(C)CNC(=O)c2ccc3c(c2)C(=O)N(C)C3=O)C1. The molecule has 1 N–H and O–H groups in total. The Bertz CT molecular complexity index is 716. The highest BCUT2D eigenvalue weighted by molar-refractivity contribution is 6.21. The van der Waals surface area contributed by atoms with Gasteiger partial charge in [0.2, 0.25) is 0 Å². The van der Waals surface area contributed by atoms with Gasteiger partial charge in [-0.15, -0.1) is 0 Å². The van der Waals surface area contributed by atoms with Crippen molar-refractivity contribution in [2.75, 3.05) is 26.7 Å². The van der Waals surface area contributed by atoms with Gasteiger partial charge in [0.25, 0.3) is 17.7 Å². The Labute approximate surface area is 148 Å². The van der Waals surface area contributed by atoms with Crippen LogP contribution in [0, 0.1) is 5.92 Å². The molecule has 2 aliphatic rings. The smallest absolute Gasteiger partial charge is 0.261 e. The van der Waals surface area contributed by atoms with Crippen LogP contribution in [0.15, 0.2) is 18.2 Å². The molecule has 6 heteroatoms. The molecule has 25 heavy (non-hydrogen) atoms. The molecule has 1 aromatic carbocycles. The van der Waals surface area contributed by atoms with Crippen LogP contribution in [0.1, 0.15) is 57.8 Å². The summed E-state index contributed by atoms with van der Waals surface area (Å²) in [6, 6.07) is 4.95. The number of imide groups is 1. The summed E-state index contributed by atoms with van der Waals surface area (Å²) in [4.78, 5) is 39.9. The first-order valence-corrected chi connectivity index (χ1v) is 8.87. The van der Waals surface area contributed by atoms with Crippen molar-refractivity contribution in [2.45, 2.75) is 32.7 Å². The fourth-order valence-electron chi connectivity index (χ4n) is 3.60. The van der Waals surface area contributed by atoms with Gasteiger partial charge in [0.05, 0.1) is 11.1 Å². The Hall–Kier alpha value is -2.21. The first-order valence-electron chi connectivity index (χ1n) is 8.87. The van der Waals surface area contributed by atoms with Gasteiger partial charge in [0.1, 0.15) is 0 Å². The molecule has 3 amide bonds. The summed E-state index contributed by atoms with van der Waals surface area (Å²) < 4.78 is 0. The zero-order chi connectivity index (χ0) is 18.1. The maximum absolute atomic E-state index is 12.4. The van der Waals surface area contributed by atoms with E-state index in [9.17, 15) is 14.4 Å². The zero-order valence-corrected chi connectivity index (χ0v) is 15.0. The van der Waals surface area contributed by atoms with Crippen molar-refractivity contribution in [3.05, 3.63) is 34.9 Å². The number of nitrogens with one attached hydrogen (secondary N) is 1. The number of rotatable bonds is 4. The predicted octanol–water partition coefficient (Wildman–Crippen LogP) is 1.76. The lowest BCUT2D eigenvalue weighted by Gasteiger charge is -2.35. The summed E-state index contributed by atoms with van der Waals surface area (Å²) in [6.07, 6.45) is 2.47. The first kappa shape index (κ1) is 17.6. The summed E-state index contributed by atoms with van der Waals surface area (Å²) in [5.74, 6) is -0.191. The van der Waals surface area contributed by atoms with Gasteiger partial charge in [-0.3, -0.25) is 24.2 Å². The molecule has 0 spiro atoms. The molecule has 1 aromatic rings. The molecule has 3 rings (SSSR count). The van der Waals surface area contributed by atoms with E-state index in [2.05, 4.69) is 24.1 Å². The molecular formula is C19H25N3O3. The number of carbonyl (C=O) groups is 3. The van der Waals surface area contributed by atoms with Crippen LogP contribution >= 0.6 is 0 Å². The van der Waals surface area contributed by atoms with Crippen molar-refractivity contribution < 1.29 is 14.4 Å². The number of amides is 3. The third-order valence-corrected chi connectivity index (χ3v) is 5.22. The fraction of sp³-hybridized carbons (Fsp3) is 0.526. The average Bonchev–Trinajstić information content (AvgIpc) is 2.83. The quantitative estimate of drug-likeness (QED) is 0.846. The summed E-state index contributed by atoms with van der Waals surface area (Å²) in [5.41, 5.74) is 1.08. The highest BCUT2D eigenvalue weighted by Gasteiger charge is 2.33. The molecule has 0 radical (unpaired) electrons. The molecule has 2 unspecified atom stereocenters. The maximum Gasteiger partial charge on any atom is 0.261 e. The van der Waals surface area contributed by atoms with Gasteiger partial charge in [0.15, 0.2) is 0 Å². The van der Waals surface area contributed by atoms with E-state index in [-0.39, 0.29) is 23.8 Å². The molecule has 0 saturated carbocycles. The maximum atomic E-state index is 12.4. The first-order chi connectivity index (χ1) is 11.9. The third-order valence-electron chi connectivity index (χ3n) is 5.22. The van der Waals surface area contributed by atoms with E-state index in [1.54, 1.807) is 12.1 Å². The summed E-state index contributed by atoms with van der Waals surface area (Å²) >= 11 is 0. The van der Waals surface area contributed by atoms with Gasteiger partial charge < -0.3 is 5.32 Å². The Morgan fingerprint density at radius 1 is 1.28 bits per heavy atom. The Morgan fingerprint density at radius 2 is 2.00 bits per heavy atom. The van der Waals surface area contributed by atoms with Crippen LogP contribution in [-0.4, -0.2) is 60.2 Å². The van der Waals surface area contributed by atoms with E-state index in [1.165, 1.54) is 26.0 Å². The van der Waals surface area contributed by atoms with Crippen molar-refractivity contribution in [3.63, 3.8) is 0 Å². The van der Waals surface area contributed by atoms with E-state index in [0.29, 0.717) is 29.2 Å². The molecule has 0 aromatic heterocycles. The summed E-state index contributed by atoms with van der Waals surface area (Å²) in [5, 5.41) is 2.95. The van der Waals surface area contributed by atoms with E-state index in [0.717, 1.165) is 18.0 Å². The topological polar surface area (TPSA) is 69.7 Å². The average molecular weight is 343 g/mol. The molecule has 1 fully saturated rings. The molecule has 0 bridgehead atoms. The molecule has 0 aliphatic carbocycles. The Kier molecular flexibility index (Phi) is 4.90. The van der Waals surface area contributed by atoms with Gasteiger partial charge in [-0.1, -0.05) is 6.92 Å². The largest absolute Gasteiger partial charge is 0.350 e. The van der Waals surface area contributed by atoms with Gasteiger partial charge in [0, 0.05) is 31.7 Å². The van der Waals surface area contributed by atoms with Crippen LogP contribution in [0.2, 0.25) is 0 Å². The number of fused-ring (bicyclic) bond motifs is 1. The lowest BCUT2D eigenvalue weighted by Crippen LogP contribution is -2.46. The number of carbonyl (C=O) groups excluding carboxylic acids is 3. The normalized spacial score (nSPS) is 22.0. The molecule has 2 aliphatic heterocycles. The minimum Gasteiger partial charge on any atom is -0.350 e. The number of hydrogen-bond acceptors (Lipinski definition) is 4. The third kappa shape index (κ3) is 3.44. The monoisotopic (exact) mass is 343 g/mol. The number of benzene rings is 1. The van der Waals surface area contributed by atoms with E-state index in [4.69, 9.17) is 0 Å². The molecular weight excluding hydrogens is 318 g/mol. The number of piperidine rings is 1. The Balaban J connectivity index is 1.63. The second-order valence-corrected chi connectivity index (χ2v) is 7.23. The minimum absolute atomic E-state index is 0.213. The summed E-state index contributed by atoms with van der Waals surface area (Å²) in [7, 11) is 1.45. The van der Waals surface area contributed by atoms with Gasteiger partial charge in [-0.05, 0) is 50.4 Å². The summed E-state index contributed by atoms with van der Waals surface area (Å²) in [6.45, 7) is 7.09. The molecule has 6 nitrogen and oxygen atoms in total. The predicted molar refractivity (Wildman–Crippen MR) is 94.6 cm³/mol. The highest BCUT2D eigenvalue weighted by Crippen LogP contribution is 2.23. The lowest BCUT2D eigenvalue weighted by atomic mass is 9.99. The molecule has 1 saturated heterocycles. The standard InChI is InChI=1S/C19H25N3O3/c1-12-5-4-8-22(11-12)13(2)10-20-17(23)14-6-7-15-16(9-14)19(25)21(3)18(15)24/h6-7,9,12-13H,4-5,8,10-11H2,1-3H3,(H,20,23). The van der Waals surface area contributed by atoms with Crippen LogP contribution in [0.5, 0.6) is 0 Å². The van der Waals surface area contributed by atoms with Crippen LogP contribution < -0.4 is 5.32 Å². The second kappa shape index (κ2) is 6.96. The van der Waals surface area contributed by atoms with Gasteiger partial charge in [-0.25, -0.2) is 0 Å². The molecule has 2 heterocycles. The van der Waals surface area contributed by atoms with Crippen molar-refractivity contribution in [3.8, 4) is 0 Å². The van der Waals surface area contributed by atoms with Crippen molar-refractivity contribution >= 4 is 17.7 Å². The number of likely N-dealkylation sites (tertiary alicyclic amines) is 1.